The lowest BCUT2D eigenvalue weighted by molar-refractivity contribution is 0.102. The molecule has 0 heterocycles. The van der Waals surface area contributed by atoms with Crippen molar-refractivity contribution in [1.29, 1.82) is 0 Å². The average Bonchev–Trinajstić information content (AvgIpc) is 2.93. The van der Waals surface area contributed by atoms with E-state index in [0.29, 0.717) is 21.8 Å². The predicted molar refractivity (Wildman–Crippen MR) is 151 cm³/mol. The Morgan fingerprint density at radius 3 is 2.13 bits per heavy atom. The second kappa shape index (κ2) is 11.8. The first-order valence-corrected chi connectivity index (χ1v) is 13.6. The number of halogens is 2. The van der Waals surface area contributed by atoms with E-state index in [9.17, 15) is 22.4 Å². The molecule has 0 bridgehead atoms. The van der Waals surface area contributed by atoms with Gasteiger partial charge in [-0.1, -0.05) is 66.2 Å². The van der Waals surface area contributed by atoms with Crippen LogP contribution in [0.3, 0.4) is 0 Å². The fourth-order valence-corrected chi connectivity index (χ4v) is 5.10. The van der Waals surface area contributed by atoms with Crippen molar-refractivity contribution in [1.82, 2.24) is 4.31 Å². The SMILES string of the molecule is CN(C)S(=O)(=O)N(Cc1ccc(C(=O)Nc2ccc(Cl)cc2C(=O)c2ccccc2)cc1)c1ccccc1F. The van der Waals surface area contributed by atoms with Crippen molar-refractivity contribution in [3.05, 3.63) is 130 Å². The summed E-state index contributed by atoms with van der Waals surface area (Å²) in [4.78, 5) is 26.1. The third kappa shape index (κ3) is 6.34. The number of carbonyl (C=O) groups is 2. The van der Waals surface area contributed by atoms with Gasteiger partial charge in [0.25, 0.3) is 5.91 Å². The van der Waals surface area contributed by atoms with Gasteiger partial charge < -0.3 is 5.32 Å². The zero-order valence-electron chi connectivity index (χ0n) is 21.1. The van der Waals surface area contributed by atoms with Gasteiger partial charge in [-0.15, -0.1) is 0 Å². The summed E-state index contributed by atoms with van der Waals surface area (Å²) in [5.74, 6) is -1.44. The minimum absolute atomic E-state index is 0.0913. The van der Waals surface area contributed by atoms with Crippen molar-refractivity contribution in [3.63, 3.8) is 0 Å². The summed E-state index contributed by atoms with van der Waals surface area (Å²) < 4.78 is 42.4. The lowest BCUT2D eigenvalue weighted by Gasteiger charge is -2.27. The molecule has 0 spiro atoms. The molecule has 0 aliphatic rings. The van der Waals surface area contributed by atoms with Gasteiger partial charge in [0.1, 0.15) is 5.82 Å². The maximum Gasteiger partial charge on any atom is 0.303 e. The molecule has 4 aromatic rings. The molecule has 0 aliphatic heterocycles. The Morgan fingerprint density at radius 2 is 1.49 bits per heavy atom. The molecular weight excluding hydrogens is 541 g/mol. The minimum atomic E-state index is -4.01. The lowest BCUT2D eigenvalue weighted by atomic mass is 10.0. The molecule has 1 amide bonds. The summed E-state index contributed by atoms with van der Waals surface area (Å²) in [6, 6.07) is 25.1. The number of amides is 1. The highest BCUT2D eigenvalue weighted by Crippen LogP contribution is 2.27. The number of hydrogen-bond donors (Lipinski definition) is 1. The van der Waals surface area contributed by atoms with E-state index in [-0.39, 0.29) is 29.1 Å². The van der Waals surface area contributed by atoms with E-state index in [4.69, 9.17) is 11.6 Å². The van der Waals surface area contributed by atoms with E-state index in [2.05, 4.69) is 5.32 Å². The number of nitrogens with zero attached hydrogens (tertiary/aromatic N) is 2. The van der Waals surface area contributed by atoms with Crippen molar-refractivity contribution >= 4 is 44.9 Å². The number of benzene rings is 4. The summed E-state index contributed by atoms with van der Waals surface area (Å²) in [5, 5.41) is 3.11. The first kappa shape index (κ1) is 28.0. The zero-order valence-corrected chi connectivity index (χ0v) is 22.7. The number of ketones is 1. The lowest BCUT2D eigenvalue weighted by Crippen LogP contribution is -2.40. The normalized spacial score (nSPS) is 11.3. The van der Waals surface area contributed by atoms with Crippen molar-refractivity contribution in [3.8, 4) is 0 Å². The van der Waals surface area contributed by atoms with Crippen molar-refractivity contribution < 1.29 is 22.4 Å². The monoisotopic (exact) mass is 565 g/mol. The van der Waals surface area contributed by atoms with E-state index in [1.54, 1.807) is 60.7 Å². The second-order valence-corrected chi connectivity index (χ2v) is 11.3. The third-order valence-corrected chi connectivity index (χ3v) is 7.95. The molecule has 1 N–H and O–H groups in total. The topological polar surface area (TPSA) is 86.8 Å². The summed E-state index contributed by atoms with van der Waals surface area (Å²) in [6.07, 6.45) is 0. The quantitative estimate of drug-likeness (QED) is 0.261. The Morgan fingerprint density at radius 1 is 0.846 bits per heavy atom. The Hall–Kier alpha value is -4.05. The molecule has 7 nitrogen and oxygen atoms in total. The van der Waals surface area contributed by atoms with Crippen LogP contribution in [0.25, 0.3) is 0 Å². The van der Waals surface area contributed by atoms with Gasteiger partial charge in [0.15, 0.2) is 5.78 Å². The van der Waals surface area contributed by atoms with Crippen LogP contribution in [-0.4, -0.2) is 38.5 Å². The zero-order chi connectivity index (χ0) is 28.2. The first-order valence-electron chi connectivity index (χ1n) is 11.8. The van der Waals surface area contributed by atoms with Gasteiger partial charge in [0.05, 0.1) is 17.9 Å². The Bertz CT molecular complexity index is 1610. The largest absolute Gasteiger partial charge is 0.321 e. The van der Waals surface area contributed by atoms with Crippen LogP contribution in [0, 0.1) is 5.82 Å². The highest BCUT2D eigenvalue weighted by Gasteiger charge is 2.27. The van der Waals surface area contributed by atoms with Crippen LogP contribution in [-0.2, 0) is 16.8 Å². The van der Waals surface area contributed by atoms with Gasteiger partial charge in [-0.3, -0.25) is 13.9 Å². The van der Waals surface area contributed by atoms with Gasteiger partial charge in [-0.2, -0.15) is 12.7 Å². The van der Waals surface area contributed by atoms with Crippen molar-refractivity contribution in [2.24, 2.45) is 0 Å². The first-order chi connectivity index (χ1) is 18.6. The summed E-state index contributed by atoms with van der Waals surface area (Å²) >= 11 is 6.13. The van der Waals surface area contributed by atoms with Crippen LogP contribution < -0.4 is 9.62 Å². The molecular formula is C29H25ClFN3O4S. The number of para-hydroxylation sites is 1. The number of carbonyl (C=O) groups excluding carboxylic acids is 2. The van der Waals surface area contributed by atoms with Crippen LogP contribution in [0.2, 0.25) is 5.02 Å². The Kier molecular flexibility index (Phi) is 8.44. The number of anilines is 2. The smallest absolute Gasteiger partial charge is 0.303 e. The predicted octanol–water partition coefficient (Wildman–Crippen LogP) is 5.78. The molecule has 39 heavy (non-hydrogen) atoms. The van der Waals surface area contributed by atoms with Crippen LogP contribution in [0.5, 0.6) is 0 Å². The highest BCUT2D eigenvalue weighted by molar-refractivity contribution is 7.90. The van der Waals surface area contributed by atoms with Gasteiger partial charge in [-0.25, -0.2) is 4.39 Å². The average molecular weight is 566 g/mol. The molecule has 0 aliphatic carbocycles. The van der Waals surface area contributed by atoms with Gasteiger partial charge >= 0.3 is 10.2 Å². The Labute approximate surface area is 231 Å². The van der Waals surface area contributed by atoms with E-state index >= 15 is 0 Å². The summed E-state index contributed by atoms with van der Waals surface area (Å²) in [6.45, 7) is -0.156. The molecule has 4 aromatic carbocycles. The molecule has 10 heteroatoms. The highest BCUT2D eigenvalue weighted by atomic mass is 35.5. The summed E-state index contributed by atoms with van der Waals surface area (Å²) in [7, 11) is -1.28. The van der Waals surface area contributed by atoms with Gasteiger partial charge in [0, 0.05) is 35.8 Å². The number of rotatable bonds is 9. The molecule has 4 rings (SSSR count). The molecule has 200 valence electrons. The fourth-order valence-electron chi connectivity index (χ4n) is 3.82. The molecule has 0 fully saturated rings. The third-order valence-electron chi connectivity index (χ3n) is 5.91. The molecule has 0 aromatic heterocycles. The van der Waals surface area contributed by atoms with E-state index in [1.807, 2.05) is 0 Å². The number of nitrogens with one attached hydrogen (secondary N) is 1. The van der Waals surface area contributed by atoms with Crippen molar-refractivity contribution in [2.45, 2.75) is 6.54 Å². The van der Waals surface area contributed by atoms with E-state index in [1.165, 1.54) is 50.5 Å². The molecule has 0 saturated heterocycles. The van der Waals surface area contributed by atoms with Gasteiger partial charge in [-0.05, 0) is 48.0 Å². The molecule has 0 unspecified atom stereocenters. The maximum atomic E-state index is 14.5. The molecule has 0 radical (unpaired) electrons. The minimum Gasteiger partial charge on any atom is -0.321 e. The van der Waals surface area contributed by atoms with E-state index < -0.39 is 21.9 Å². The summed E-state index contributed by atoms with van der Waals surface area (Å²) in [5.41, 5.74) is 1.71. The van der Waals surface area contributed by atoms with E-state index in [0.717, 1.165) is 8.61 Å². The Balaban J connectivity index is 1.57. The number of hydrogen-bond acceptors (Lipinski definition) is 4. The standard InChI is InChI=1S/C29H25ClFN3O4S/c1-33(2)39(37,38)34(27-11-7-6-10-25(27)31)19-20-12-14-22(15-13-20)29(36)32-26-17-16-23(30)18-24(26)28(35)21-8-4-3-5-9-21/h3-18H,19H2,1-2H3,(H,32,36). The van der Waals surface area contributed by atoms with Crippen LogP contribution in [0.4, 0.5) is 15.8 Å². The second-order valence-electron chi connectivity index (χ2n) is 8.78. The van der Waals surface area contributed by atoms with Crippen LogP contribution >= 0.6 is 11.6 Å². The fraction of sp³-hybridized carbons (Fsp3) is 0.103. The van der Waals surface area contributed by atoms with Crippen molar-refractivity contribution in [2.75, 3.05) is 23.7 Å². The maximum absolute atomic E-state index is 14.5. The molecule has 0 saturated carbocycles. The van der Waals surface area contributed by atoms with Gasteiger partial charge in [0.2, 0.25) is 0 Å². The van der Waals surface area contributed by atoms with Crippen LogP contribution in [0.15, 0.2) is 97.1 Å². The van der Waals surface area contributed by atoms with Crippen LogP contribution in [0.1, 0.15) is 31.8 Å². The molecule has 0 atom stereocenters.